The summed E-state index contributed by atoms with van der Waals surface area (Å²) >= 11 is 0. The molecule has 0 bridgehead atoms. The van der Waals surface area contributed by atoms with E-state index in [-0.39, 0.29) is 11.3 Å². The van der Waals surface area contributed by atoms with Gasteiger partial charge in [-0.15, -0.1) is 0 Å². The third kappa shape index (κ3) is 6.93. The van der Waals surface area contributed by atoms with Crippen molar-refractivity contribution < 1.29 is 14.3 Å². The summed E-state index contributed by atoms with van der Waals surface area (Å²) in [5.74, 6) is 1.11. The molecule has 1 amide bonds. The molecule has 0 aliphatic carbocycles. The number of unbranched alkanes of at least 4 members (excludes halogenated alkanes) is 2. The van der Waals surface area contributed by atoms with E-state index < -0.39 is 0 Å². The molecule has 0 aliphatic rings. The molecule has 0 spiro atoms. The topological polar surface area (TPSA) is 59.9 Å². The van der Waals surface area contributed by atoms with Crippen molar-refractivity contribution in [3.05, 3.63) is 59.2 Å². The number of methoxy groups -OCH3 is 1. The number of hydrogen-bond acceptors (Lipinski definition) is 4. The normalized spacial score (nSPS) is 11.5. The van der Waals surface area contributed by atoms with E-state index in [1.54, 1.807) is 13.3 Å². The van der Waals surface area contributed by atoms with Crippen molar-refractivity contribution in [2.24, 2.45) is 5.10 Å². The quantitative estimate of drug-likeness (QED) is 0.354. The Morgan fingerprint density at radius 2 is 1.79 bits per heavy atom. The molecule has 0 atom stereocenters. The third-order valence-corrected chi connectivity index (χ3v) is 4.59. The van der Waals surface area contributed by atoms with Crippen LogP contribution in [0.5, 0.6) is 11.5 Å². The van der Waals surface area contributed by atoms with Gasteiger partial charge in [-0.3, -0.25) is 4.79 Å². The van der Waals surface area contributed by atoms with Crippen LogP contribution >= 0.6 is 0 Å². The first-order valence-corrected chi connectivity index (χ1v) is 10.1. The Hall–Kier alpha value is -2.82. The predicted molar refractivity (Wildman–Crippen MR) is 118 cm³/mol. The van der Waals surface area contributed by atoms with Crippen molar-refractivity contribution >= 4 is 12.1 Å². The molecule has 1 N–H and O–H groups in total. The zero-order valence-corrected chi connectivity index (χ0v) is 18.1. The van der Waals surface area contributed by atoms with Gasteiger partial charge in [0.25, 0.3) is 5.91 Å². The van der Waals surface area contributed by atoms with Gasteiger partial charge in [0, 0.05) is 5.56 Å². The Labute approximate surface area is 174 Å². The van der Waals surface area contributed by atoms with Crippen LogP contribution in [0.3, 0.4) is 0 Å². The smallest absolute Gasteiger partial charge is 0.271 e. The number of hydrazone groups is 1. The maximum absolute atomic E-state index is 12.3. The molecule has 0 aromatic heterocycles. The third-order valence-electron chi connectivity index (χ3n) is 4.59. The minimum atomic E-state index is -0.246. The van der Waals surface area contributed by atoms with Crippen molar-refractivity contribution in [2.75, 3.05) is 13.7 Å². The molecule has 0 radical (unpaired) electrons. The Kier molecular flexibility index (Phi) is 8.25. The molecule has 0 fully saturated rings. The maximum atomic E-state index is 12.3. The van der Waals surface area contributed by atoms with Crippen LogP contribution in [0.4, 0.5) is 0 Å². The van der Waals surface area contributed by atoms with Crippen LogP contribution in [0.1, 0.15) is 68.4 Å². The van der Waals surface area contributed by atoms with E-state index in [1.807, 2.05) is 42.5 Å². The first-order chi connectivity index (χ1) is 13.8. The van der Waals surface area contributed by atoms with E-state index >= 15 is 0 Å². The molecule has 2 aromatic rings. The van der Waals surface area contributed by atoms with E-state index in [4.69, 9.17) is 9.47 Å². The summed E-state index contributed by atoms with van der Waals surface area (Å²) < 4.78 is 11.2. The van der Waals surface area contributed by atoms with E-state index in [1.165, 1.54) is 5.56 Å². The van der Waals surface area contributed by atoms with Crippen molar-refractivity contribution in [1.82, 2.24) is 5.43 Å². The Balaban J connectivity index is 1.96. The van der Waals surface area contributed by atoms with Gasteiger partial charge in [0.15, 0.2) is 11.5 Å². The van der Waals surface area contributed by atoms with Crippen molar-refractivity contribution in [3.63, 3.8) is 0 Å². The molecular weight excluding hydrogens is 364 g/mol. The fourth-order valence-corrected chi connectivity index (χ4v) is 2.77. The fourth-order valence-electron chi connectivity index (χ4n) is 2.77. The molecule has 0 saturated carbocycles. The molecule has 0 unspecified atom stereocenters. The van der Waals surface area contributed by atoms with Crippen molar-refractivity contribution in [3.8, 4) is 11.5 Å². The van der Waals surface area contributed by atoms with Gasteiger partial charge in [-0.05, 0) is 53.3 Å². The van der Waals surface area contributed by atoms with E-state index in [0.29, 0.717) is 23.7 Å². The number of rotatable bonds is 9. The lowest BCUT2D eigenvalue weighted by Crippen LogP contribution is -2.18. The average Bonchev–Trinajstić information content (AvgIpc) is 2.71. The second-order valence-corrected chi connectivity index (χ2v) is 7.99. The Bertz CT molecular complexity index is 821. The zero-order chi connectivity index (χ0) is 21.3. The highest BCUT2D eigenvalue weighted by atomic mass is 16.5. The Morgan fingerprint density at radius 3 is 2.41 bits per heavy atom. The minimum Gasteiger partial charge on any atom is -0.493 e. The van der Waals surface area contributed by atoms with Crippen LogP contribution in [0.25, 0.3) is 0 Å². The SMILES string of the molecule is CCCCCOc1ccc(/C=N/NC(=O)c2ccc(C(C)(C)C)cc2)cc1OC. The van der Waals surface area contributed by atoms with Gasteiger partial charge in [-0.2, -0.15) is 5.10 Å². The minimum absolute atomic E-state index is 0.0537. The second-order valence-electron chi connectivity index (χ2n) is 7.99. The average molecular weight is 397 g/mol. The largest absolute Gasteiger partial charge is 0.493 e. The van der Waals surface area contributed by atoms with Gasteiger partial charge in [-0.1, -0.05) is 52.7 Å². The summed E-state index contributed by atoms with van der Waals surface area (Å²) in [5.41, 5.74) is 5.18. The summed E-state index contributed by atoms with van der Waals surface area (Å²) in [6, 6.07) is 13.2. The lowest BCUT2D eigenvalue weighted by atomic mass is 9.87. The number of hydrogen-bond donors (Lipinski definition) is 1. The number of nitrogens with zero attached hydrogens (tertiary/aromatic N) is 1. The van der Waals surface area contributed by atoms with Crippen LogP contribution in [-0.4, -0.2) is 25.8 Å². The lowest BCUT2D eigenvalue weighted by molar-refractivity contribution is 0.0955. The Morgan fingerprint density at radius 1 is 1.07 bits per heavy atom. The predicted octanol–water partition coefficient (Wildman–Crippen LogP) is 5.33. The van der Waals surface area contributed by atoms with Crippen molar-refractivity contribution in [1.29, 1.82) is 0 Å². The molecule has 0 aliphatic heterocycles. The van der Waals surface area contributed by atoms with Crippen LogP contribution in [0.15, 0.2) is 47.6 Å². The van der Waals surface area contributed by atoms with Gasteiger partial charge in [0.2, 0.25) is 0 Å². The summed E-state index contributed by atoms with van der Waals surface area (Å²) in [4.78, 5) is 12.3. The van der Waals surface area contributed by atoms with E-state index in [9.17, 15) is 4.79 Å². The standard InChI is InChI=1S/C24H32N2O3/c1-6-7-8-15-29-21-14-9-18(16-22(21)28-5)17-25-26-23(27)19-10-12-20(13-11-19)24(2,3)4/h9-14,16-17H,6-8,15H2,1-5H3,(H,26,27)/b25-17+. The van der Waals surface area contributed by atoms with Gasteiger partial charge >= 0.3 is 0 Å². The van der Waals surface area contributed by atoms with E-state index in [2.05, 4.69) is 38.2 Å². The first kappa shape index (κ1) is 22.5. The van der Waals surface area contributed by atoms with Crippen LogP contribution in [-0.2, 0) is 5.41 Å². The van der Waals surface area contributed by atoms with Crippen molar-refractivity contribution in [2.45, 2.75) is 52.4 Å². The number of carbonyl (C=O) groups excluding carboxylic acids is 1. The summed E-state index contributed by atoms with van der Waals surface area (Å²) in [7, 11) is 1.61. The van der Waals surface area contributed by atoms with Crippen LogP contribution in [0, 0.1) is 0 Å². The number of amides is 1. The number of benzene rings is 2. The highest BCUT2D eigenvalue weighted by Gasteiger charge is 2.14. The molecule has 2 aromatic carbocycles. The molecule has 29 heavy (non-hydrogen) atoms. The molecular formula is C24H32N2O3. The van der Waals surface area contributed by atoms with Crippen LogP contribution < -0.4 is 14.9 Å². The highest BCUT2D eigenvalue weighted by molar-refractivity contribution is 5.95. The molecule has 2 rings (SSSR count). The zero-order valence-electron chi connectivity index (χ0n) is 18.1. The summed E-state index contributed by atoms with van der Waals surface area (Å²) in [6.45, 7) is 9.25. The fraction of sp³-hybridized carbons (Fsp3) is 0.417. The molecule has 5 nitrogen and oxygen atoms in total. The van der Waals surface area contributed by atoms with Crippen LogP contribution in [0.2, 0.25) is 0 Å². The number of ether oxygens (including phenoxy) is 2. The van der Waals surface area contributed by atoms with Gasteiger partial charge in [-0.25, -0.2) is 5.43 Å². The lowest BCUT2D eigenvalue weighted by Gasteiger charge is -2.18. The molecule has 5 heteroatoms. The maximum Gasteiger partial charge on any atom is 0.271 e. The summed E-state index contributed by atoms with van der Waals surface area (Å²) in [6.07, 6.45) is 4.91. The molecule has 156 valence electrons. The second kappa shape index (κ2) is 10.6. The first-order valence-electron chi connectivity index (χ1n) is 10.1. The molecule has 0 heterocycles. The summed E-state index contributed by atoms with van der Waals surface area (Å²) in [5, 5.41) is 4.06. The number of nitrogens with one attached hydrogen (secondary N) is 1. The van der Waals surface area contributed by atoms with Gasteiger partial charge in [0.1, 0.15) is 0 Å². The van der Waals surface area contributed by atoms with E-state index in [0.717, 1.165) is 24.8 Å². The van der Waals surface area contributed by atoms with Gasteiger partial charge in [0.05, 0.1) is 19.9 Å². The number of carbonyl (C=O) groups is 1. The van der Waals surface area contributed by atoms with Gasteiger partial charge < -0.3 is 9.47 Å². The molecule has 0 saturated heterocycles. The highest BCUT2D eigenvalue weighted by Crippen LogP contribution is 2.28. The monoisotopic (exact) mass is 396 g/mol.